The Morgan fingerprint density at radius 3 is 2.74 bits per heavy atom. The van der Waals surface area contributed by atoms with E-state index in [0.29, 0.717) is 0 Å². The molecule has 1 aromatic carbocycles. The van der Waals surface area contributed by atoms with Crippen LogP contribution in [0.1, 0.15) is 31.9 Å². The van der Waals surface area contributed by atoms with E-state index in [2.05, 4.69) is 64.7 Å². The van der Waals surface area contributed by atoms with Gasteiger partial charge in [-0.15, -0.1) is 11.3 Å². The van der Waals surface area contributed by atoms with Crippen molar-refractivity contribution in [1.29, 1.82) is 0 Å². The molecule has 1 N–H and O–H groups in total. The summed E-state index contributed by atoms with van der Waals surface area (Å²) in [6.45, 7) is 5.33. The highest BCUT2D eigenvalue weighted by Crippen LogP contribution is 2.36. The van der Waals surface area contributed by atoms with Crippen LogP contribution in [0.5, 0.6) is 0 Å². The molecule has 1 unspecified atom stereocenters. The van der Waals surface area contributed by atoms with Gasteiger partial charge in [0, 0.05) is 20.4 Å². The second-order valence-electron chi connectivity index (χ2n) is 4.51. The van der Waals surface area contributed by atoms with Crippen LogP contribution in [0.4, 0.5) is 0 Å². The summed E-state index contributed by atoms with van der Waals surface area (Å²) < 4.78 is 1.12. The van der Waals surface area contributed by atoms with Crippen molar-refractivity contribution in [2.75, 3.05) is 6.54 Å². The lowest BCUT2D eigenvalue weighted by atomic mass is 10.0. The molecule has 4 heteroatoms. The number of benzene rings is 1. The maximum absolute atomic E-state index is 6.42. The second-order valence-corrected chi connectivity index (χ2v) is 6.69. The molecule has 0 spiro atoms. The van der Waals surface area contributed by atoms with E-state index in [4.69, 9.17) is 11.6 Å². The van der Waals surface area contributed by atoms with Crippen molar-refractivity contribution < 1.29 is 0 Å². The van der Waals surface area contributed by atoms with Crippen LogP contribution in [-0.2, 0) is 0 Å². The Kier molecular flexibility index (Phi) is 5.46. The molecule has 0 radical (unpaired) electrons. The van der Waals surface area contributed by atoms with Gasteiger partial charge in [0.25, 0.3) is 0 Å². The van der Waals surface area contributed by atoms with Crippen molar-refractivity contribution >= 4 is 38.9 Å². The SMILES string of the molecule is CCCNC(C)c1ccc(-c2sccc2Br)cc1Cl. The Hall–Kier alpha value is -0.350. The van der Waals surface area contributed by atoms with E-state index >= 15 is 0 Å². The summed E-state index contributed by atoms with van der Waals surface area (Å²) in [4.78, 5) is 1.22. The second kappa shape index (κ2) is 6.89. The predicted molar refractivity (Wildman–Crippen MR) is 89.2 cm³/mol. The molecular formula is C15H17BrClNS. The van der Waals surface area contributed by atoms with Gasteiger partial charge < -0.3 is 5.32 Å². The van der Waals surface area contributed by atoms with Crippen molar-refractivity contribution in [3.63, 3.8) is 0 Å². The molecule has 2 aromatic rings. The average Bonchev–Trinajstić information content (AvgIpc) is 2.82. The third kappa shape index (κ3) is 3.60. The fourth-order valence-corrected chi connectivity index (χ4v) is 3.93. The standard InChI is InChI=1S/C15H17BrClNS/c1-3-7-18-10(2)12-5-4-11(9-14(12)17)15-13(16)6-8-19-15/h4-6,8-10,18H,3,7H2,1-2H3. The molecule has 19 heavy (non-hydrogen) atoms. The van der Waals surface area contributed by atoms with Crippen LogP contribution in [0.3, 0.4) is 0 Å². The molecule has 0 bridgehead atoms. The summed E-state index contributed by atoms with van der Waals surface area (Å²) in [6, 6.07) is 8.66. The van der Waals surface area contributed by atoms with Gasteiger partial charge in [-0.05, 0) is 64.5 Å². The smallest absolute Gasteiger partial charge is 0.0485 e. The number of thiophene rings is 1. The third-order valence-corrected chi connectivity index (χ3v) is 5.26. The Balaban J connectivity index is 2.25. The lowest BCUT2D eigenvalue weighted by Crippen LogP contribution is -2.19. The first kappa shape index (κ1) is 15.0. The minimum atomic E-state index is 0.285. The Labute approximate surface area is 132 Å². The fourth-order valence-electron chi connectivity index (χ4n) is 1.99. The first-order valence-electron chi connectivity index (χ1n) is 6.39. The number of nitrogens with one attached hydrogen (secondary N) is 1. The molecule has 102 valence electrons. The first-order chi connectivity index (χ1) is 9.13. The van der Waals surface area contributed by atoms with Gasteiger partial charge in [-0.25, -0.2) is 0 Å². The zero-order valence-corrected chi connectivity index (χ0v) is 14.2. The van der Waals surface area contributed by atoms with Crippen LogP contribution in [0.25, 0.3) is 10.4 Å². The lowest BCUT2D eigenvalue weighted by Gasteiger charge is -2.16. The molecule has 0 saturated carbocycles. The van der Waals surface area contributed by atoms with E-state index in [9.17, 15) is 0 Å². The summed E-state index contributed by atoms with van der Waals surface area (Å²) in [5.41, 5.74) is 2.32. The normalized spacial score (nSPS) is 12.6. The molecule has 1 atom stereocenters. The van der Waals surface area contributed by atoms with E-state index < -0.39 is 0 Å². The molecule has 0 saturated heterocycles. The minimum absolute atomic E-state index is 0.285. The van der Waals surface area contributed by atoms with E-state index in [1.807, 2.05) is 0 Å². The van der Waals surface area contributed by atoms with Gasteiger partial charge in [0.1, 0.15) is 0 Å². The van der Waals surface area contributed by atoms with Crippen LogP contribution in [0.2, 0.25) is 5.02 Å². The van der Waals surface area contributed by atoms with Crippen LogP contribution in [-0.4, -0.2) is 6.54 Å². The van der Waals surface area contributed by atoms with Crippen LogP contribution < -0.4 is 5.32 Å². The van der Waals surface area contributed by atoms with Crippen LogP contribution in [0.15, 0.2) is 34.1 Å². The predicted octanol–water partition coefficient (Wildman–Crippen LogP) is 5.89. The molecule has 0 aliphatic rings. The lowest BCUT2D eigenvalue weighted by molar-refractivity contribution is 0.571. The molecule has 2 rings (SSSR count). The van der Waals surface area contributed by atoms with Gasteiger partial charge in [0.15, 0.2) is 0 Å². The molecule has 0 aliphatic carbocycles. The van der Waals surface area contributed by atoms with Gasteiger partial charge in [-0.1, -0.05) is 30.7 Å². The molecule has 1 aromatic heterocycles. The van der Waals surface area contributed by atoms with E-state index in [-0.39, 0.29) is 6.04 Å². The van der Waals surface area contributed by atoms with Gasteiger partial charge in [-0.2, -0.15) is 0 Å². The van der Waals surface area contributed by atoms with Crippen molar-refractivity contribution in [2.45, 2.75) is 26.3 Å². The number of rotatable bonds is 5. The first-order valence-corrected chi connectivity index (χ1v) is 8.44. The van der Waals surface area contributed by atoms with E-state index in [0.717, 1.165) is 28.0 Å². The average molecular weight is 359 g/mol. The molecular weight excluding hydrogens is 342 g/mol. The highest BCUT2D eigenvalue weighted by Gasteiger charge is 2.11. The van der Waals surface area contributed by atoms with Crippen molar-refractivity contribution in [3.05, 3.63) is 44.7 Å². The van der Waals surface area contributed by atoms with Gasteiger partial charge >= 0.3 is 0 Å². The van der Waals surface area contributed by atoms with Gasteiger partial charge in [0.05, 0.1) is 0 Å². The van der Waals surface area contributed by atoms with Gasteiger partial charge in [-0.3, -0.25) is 0 Å². The molecule has 0 amide bonds. The van der Waals surface area contributed by atoms with Gasteiger partial charge in [0.2, 0.25) is 0 Å². The zero-order valence-electron chi connectivity index (χ0n) is 11.0. The molecule has 1 heterocycles. The summed E-state index contributed by atoms with van der Waals surface area (Å²) in [7, 11) is 0. The molecule has 1 nitrogen and oxygen atoms in total. The Bertz CT molecular complexity index is 553. The maximum atomic E-state index is 6.42. The van der Waals surface area contributed by atoms with Crippen molar-refractivity contribution in [2.24, 2.45) is 0 Å². The summed E-state index contributed by atoms with van der Waals surface area (Å²) >= 11 is 11.7. The quantitative estimate of drug-likeness (QED) is 0.702. The number of halogens is 2. The number of hydrogen-bond acceptors (Lipinski definition) is 2. The molecule has 0 fully saturated rings. The fraction of sp³-hybridized carbons (Fsp3) is 0.333. The van der Waals surface area contributed by atoms with Crippen molar-refractivity contribution in [3.8, 4) is 10.4 Å². The largest absolute Gasteiger partial charge is 0.310 e. The van der Waals surface area contributed by atoms with Crippen LogP contribution >= 0.6 is 38.9 Å². The zero-order chi connectivity index (χ0) is 13.8. The van der Waals surface area contributed by atoms with E-state index in [1.54, 1.807) is 11.3 Å². The highest BCUT2D eigenvalue weighted by atomic mass is 79.9. The van der Waals surface area contributed by atoms with Crippen molar-refractivity contribution in [1.82, 2.24) is 5.32 Å². The van der Waals surface area contributed by atoms with E-state index in [1.165, 1.54) is 10.4 Å². The highest BCUT2D eigenvalue weighted by molar-refractivity contribution is 9.10. The summed E-state index contributed by atoms with van der Waals surface area (Å²) in [5.74, 6) is 0. The Morgan fingerprint density at radius 1 is 1.37 bits per heavy atom. The molecule has 0 aliphatic heterocycles. The summed E-state index contributed by atoms with van der Waals surface area (Å²) in [5, 5.41) is 6.37. The summed E-state index contributed by atoms with van der Waals surface area (Å²) in [6.07, 6.45) is 1.13. The Morgan fingerprint density at radius 2 is 2.16 bits per heavy atom. The monoisotopic (exact) mass is 357 g/mol. The van der Waals surface area contributed by atoms with Crippen LogP contribution in [0, 0.1) is 0 Å². The third-order valence-electron chi connectivity index (χ3n) is 3.05. The minimum Gasteiger partial charge on any atom is -0.310 e. The number of hydrogen-bond donors (Lipinski definition) is 1. The topological polar surface area (TPSA) is 12.0 Å². The maximum Gasteiger partial charge on any atom is 0.0485 e.